The first-order chi connectivity index (χ1) is 17.3. The zero-order valence-corrected chi connectivity index (χ0v) is 21.0. The van der Waals surface area contributed by atoms with Gasteiger partial charge in [-0.1, -0.05) is 23.8 Å². The lowest BCUT2D eigenvalue weighted by Crippen LogP contribution is -2.41. The molecule has 3 aliphatic rings. The standard InChI is InChI=1S/C25H30ClN7O3/c1-3-33(18-9-8-17-14(21(18)36-2)6-7-16(27)24(35)30-17)25-29-11-15(26)23(32-25)31-20-13-5-4-12(10-13)19(20)22(28)34/h4-5,8-9,11-13,16,19-20H,3,6-7,10,27H2,1-2H3,(H2,28,34)(H,30,35)(H,29,31,32)/t12-,13+,16?,19+,20-/m1/s1. The van der Waals surface area contributed by atoms with Crippen molar-refractivity contribution in [2.75, 3.05) is 29.2 Å². The van der Waals surface area contributed by atoms with Gasteiger partial charge in [-0.05, 0) is 50.2 Å². The summed E-state index contributed by atoms with van der Waals surface area (Å²) in [5, 5.41) is 6.63. The number of primary amides is 1. The fraction of sp³-hybridized carbons (Fsp3) is 0.440. The van der Waals surface area contributed by atoms with Crippen molar-refractivity contribution in [1.82, 2.24) is 9.97 Å². The molecule has 0 spiro atoms. The summed E-state index contributed by atoms with van der Waals surface area (Å²) in [6.45, 7) is 2.53. The van der Waals surface area contributed by atoms with E-state index in [2.05, 4.69) is 27.8 Å². The molecule has 1 fully saturated rings. The maximum absolute atomic E-state index is 12.2. The van der Waals surface area contributed by atoms with Crippen LogP contribution in [0.5, 0.6) is 5.75 Å². The zero-order valence-electron chi connectivity index (χ0n) is 20.2. The van der Waals surface area contributed by atoms with E-state index in [-0.39, 0.29) is 35.6 Å². The lowest BCUT2D eigenvalue weighted by atomic mass is 9.88. The largest absolute Gasteiger partial charge is 0.494 e. The van der Waals surface area contributed by atoms with E-state index in [0.29, 0.717) is 47.6 Å². The van der Waals surface area contributed by atoms with Crippen molar-refractivity contribution in [1.29, 1.82) is 0 Å². The molecule has 10 nitrogen and oxygen atoms in total. The number of hydrogen-bond donors (Lipinski definition) is 4. The molecule has 2 aliphatic carbocycles. The number of hydrogen-bond acceptors (Lipinski definition) is 8. The molecule has 5 atom stereocenters. The number of amides is 2. The van der Waals surface area contributed by atoms with E-state index in [4.69, 9.17) is 32.8 Å². The van der Waals surface area contributed by atoms with Gasteiger partial charge in [0.15, 0.2) is 5.82 Å². The van der Waals surface area contributed by atoms with Crippen LogP contribution in [0.15, 0.2) is 30.5 Å². The summed E-state index contributed by atoms with van der Waals surface area (Å²) >= 11 is 6.48. The molecule has 1 aromatic carbocycles. The minimum absolute atomic E-state index is 0.134. The summed E-state index contributed by atoms with van der Waals surface area (Å²) in [6, 6.07) is 2.96. The molecule has 36 heavy (non-hydrogen) atoms. The molecule has 190 valence electrons. The number of carbonyl (C=O) groups is 2. The van der Waals surface area contributed by atoms with Crippen LogP contribution in [0.4, 0.5) is 23.1 Å². The first-order valence-electron chi connectivity index (χ1n) is 12.1. The van der Waals surface area contributed by atoms with Crippen LogP contribution in [0.1, 0.15) is 25.3 Å². The van der Waals surface area contributed by atoms with Crippen molar-refractivity contribution in [3.8, 4) is 5.75 Å². The molecule has 0 radical (unpaired) electrons. The van der Waals surface area contributed by atoms with E-state index in [1.807, 2.05) is 24.0 Å². The van der Waals surface area contributed by atoms with Crippen molar-refractivity contribution in [3.63, 3.8) is 0 Å². The third kappa shape index (κ3) is 4.14. The van der Waals surface area contributed by atoms with Gasteiger partial charge in [-0.2, -0.15) is 4.98 Å². The van der Waals surface area contributed by atoms with Crippen LogP contribution in [0.3, 0.4) is 0 Å². The first kappa shape index (κ1) is 24.3. The highest BCUT2D eigenvalue weighted by Crippen LogP contribution is 2.46. The second-order valence-corrected chi connectivity index (χ2v) is 9.84. The van der Waals surface area contributed by atoms with Gasteiger partial charge in [0, 0.05) is 23.8 Å². The number of nitrogens with two attached hydrogens (primary N) is 2. The third-order valence-corrected chi connectivity index (χ3v) is 7.69. The number of nitrogens with zero attached hydrogens (tertiary/aromatic N) is 3. The molecule has 0 saturated heterocycles. The Bertz CT molecular complexity index is 1240. The van der Waals surface area contributed by atoms with Crippen LogP contribution >= 0.6 is 11.6 Å². The summed E-state index contributed by atoms with van der Waals surface area (Å²) in [5.41, 5.74) is 14.0. The number of benzene rings is 1. The molecule has 2 bridgehead atoms. The molecule has 11 heteroatoms. The van der Waals surface area contributed by atoms with Gasteiger partial charge in [-0.3, -0.25) is 9.59 Å². The lowest BCUT2D eigenvalue weighted by molar-refractivity contribution is -0.122. The molecule has 2 heterocycles. The Hall–Kier alpha value is -3.37. The number of nitrogens with one attached hydrogen (secondary N) is 2. The Morgan fingerprint density at radius 1 is 1.33 bits per heavy atom. The Labute approximate surface area is 214 Å². The molecule has 6 N–H and O–H groups in total. The maximum Gasteiger partial charge on any atom is 0.241 e. The second-order valence-electron chi connectivity index (χ2n) is 9.44. The fourth-order valence-corrected chi connectivity index (χ4v) is 5.80. The molecular formula is C25H30ClN7O3. The summed E-state index contributed by atoms with van der Waals surface area (Å²) in [6.07, 6.45) is 7.73. The number of halogens is 1. The van der Waals surface area contributed by atoms with Crippen molar-refractivity contribution in [2.24, 2.45) is 29.2 Å². The number of rotatable bonds is 7. The van der Waals surface area contributed by atoms with E-state index < -0.39 is 6.04 Å². The van der Waals surface area contributed by atoms with Gasteiger partial charge >= 0.3 is 0 Å². The van der Waals surface area contributed by atoms with Gasteiger partial charge in [-0.15, -0.1) is 0 Å². The molecule has 1 aliphatic heterocycles. The Morgan fingerprint density at radius 3 is 2.83 bits per heavy atom. The van der Waals surface area contributed by atoms with Crippen molar-refractivity contribution < 1.29 is 14.3 Å². The topological polar surface area (TPSA) is 148 Å². The quantitative estimate of drug-likeness (QED) is 0.414. The van der Waals surface area contributed by atoms with Crippen LogP contribution in [-0.4, -0.2) is 47.5 Å². The number of ether oxygens (including phenoxy) is 1. The molecular weight excluding hydrogens is 482 g/mol. The Morgan fingerprint density at radius 2 is 2.11 bits per heavy atom. The van der Waals surface area contributed by atoms with Crippen molar-refractivity contribution >= 4 is 46.6 Å². The van der Waals surface area contributed by atoms with E-state index in [9.17, 15) is 9.59 Å². The predicted octanol–water partition coefficient (Wildman–Crippen LogP) is 2.60. The summed E-state index contributed by atoms with van der Waals surface area (Å²) < 4.78 is 5.82. The van der Waals surface area contributed by atoms with Gasteiger partial charge < -0.3 is 31.7 Å². The predicted molar refractivity (Wildman–Crippen MR) is 138 cm³/mol. The number of carbonyl (C=O) groups excluding carboxylic acids is 2. The summed E-state index contributed by atoms with van der Waals surface area (Å²) in [5.74, 6) is 0.969. The fourth-order valence-electron chi connectivity index (χ4n) is 5.65. The third-order valence-electron chi connectivity index (χ3n) is 7.41. The normalized spacial score (nSPS) is 26.2. The van der Waals surface area contributed by atoms with E-state index in [1.165, 1.54) is 0 Å². The first-order valence-corrected chi connectivity index (χ1v) is 12.5. The smallest absolute Gasteiger partial charge is 0.241 e. The lowest BCUT2D eigenvalue weighted by Gasteiger charge is -2.29. The number of methoxy groups -OCH3 is 1. The van der Waals surface area contributed by atoms with Gasteiger partial charge in [0.25, 0.3) is 0 Å². The highest BCUT2D eigenvalue weighted by atomic mass is 35.5. The van der Waals surface area contributed by atoms with Crippen molar-refractivity contribution in [3.05, 3.63) is 41.1 Å². The summed E-state index contributed by atoms with van der Waals surface area (Å²) in [7, 11) is 1.60. The second kappa shape index (κ2) is 9.59. The molecule has 5 rings (SSSR count). The highest BCUT2D eigenvalue weighted by Gasteiger charge is 2.47. The molecule has 1 unspecified atom stereocenters. The SMILES string of the molecule is CCN(c1ncc(Cl)c(N[C@H]2[C@@H](C(N)=O)[C@@H]3C=C[C@H]2C3)n1)c1ccc2c(c1OC)CCC(N)C(=O)N2. The average molecular weight is 512 g/mol. The zero-order chi connectivity index (χ0) is 25.6. The molecule has 2 amide bonds. The van der Waals surface area contributed by atoms with Gasteiger partial charge in [-0.25, -0.2) is 4.98 Å². The van der Waals surface area contributed by atoms with Crippen LogP contribution in [0, 0.1) is 17.8 Å². The number of fused-ring (bicyclic) bond motifs is 3. The number of allylic oxidation sites excluding steroid dienone is 1. The van der Waals surface area contributed by atoms with Crippen LogP contribution in [-0.2, 0) is 16.0 Å². The monoisotopic (exact) mass is 511 g/mol. The van der Waals surface area contributed by atoms with Crippen LogP contribution < -0.4 is 31.7 Å². The summed E-state index contributed by atoms with van der Waals surface area (Å²) in [4.78, 5) is 35.5. The maximum atomic E-state index is 12.2. The van der Waals surface area contributed by atoms with E-state index in [1.54, 1.807) is 13.3 Å². The molecule has 2 aromatic rings. The minimum Gasteiger partial charge on any atom is -0.494 e. The van der Waals surface area contributed by atoms with Gasteiger partial charge in [0.2, 0.25) is 17.8 Å². The number of anilines is 4. The van der Waals surface area contributed by atoms with Crippen molar-refractivity contribution in [2.45, 2.75) is 38.3 Å². The Balaban J connectivity index is 1.49. The van der Waals surface area contributed by atoms with E-state index in [0.717, 1.165) is 17.7 Å². The average Bonchev–Trinajstić information content (AvgIpc) is 3.43. The highest BCUT2D eigenvalue weighted by molar-refractivity contribution is 6.32. The minimum atomic E-state index is -0.578. The molecule has 1 saturated carbocycles. The van der Waals surface area contributed by atoms with Gasteiger partial charge in [0.05, 0.1) is 31.0 Å². The van der Waals surface area contributed by atoms with Gasteiger partial charge in [0.1, 0.15) is 10.8 Å². The van der Waals surface area contributed by atoms with E-state index >= 15 is 0 Å². The Kier molecular flexibility index (Phi) is 6.48. The molecule has 1 aromatic heterocycles. The van der Waals surface area contributed by atoms with Crippen LogP contribution in [0.25, 0.3) is 0 Å². The van der Waals surface area contributed by atoms with Crippen LogP contribution in [0.2, 0.25) is 5.02 Å². The number of aromatic nitrogens is 2.